The van der Waals surface area contributed by atoms with E-state index in [0.717, 1.165) is 5.56 Å². The zero-order valence-corrected chi connectivity index (χ0v) is 11.2. The molecule has 21 heavy (non-hydrogen) atoms. The first-order valence-corrected chi connectivity index (χ1v) is 6.70. The van der Waals surface area contributed by atoms with Crippen LogP contribution in [0, 0.1) is 0 Å². The summed E-state index contributed by atoms with van der Waals surface area (Å²) in [6.07, 6.45) is -1.51. The summed E-state index contributed by atoms with van der Waals surface area (Å²) in [6, 6.07) is 8.98. The molecule has 2 fully saturated rings. The topological polar surface area (TPSA) is 96.9 Å². The Morgan fingerprint density at radius 2 is 2.10 bits per heavy atom. The maximum absolute atomic E-state index is 11.7. The lowest BCUT2D eigenvalue weighted by molar-refractivity contribution is -0.146. The van der Waals surface area contributed by atoms with Crippen LogP contribution in [-0.2, 0) is 20.9 Å². The molecule has 2 aliphatic heterocycles. The van der Waals surface area contributed by atoms with Gasteiger partial charge >= 0.3 is 6.03 Å². The highest BCUT2D eigenvalue weighted by Crippen LogP contribution is 2.31. The Labute approximate surface area is 121 Å². The van der Waals surface area contributed by atoms with Crippen LogP contribution in [0.25, 0.3) is 0 Å². The highest BCUT2D eigenvalue weighted by Gasteiger charge is 2.56. The Balaban J connectivity index is 1.55. The Hall–Kier alpha value is -1.96. The molecule has 0 aromatic heterocycles. The van der Waals surface area contributed by atoms with Crippen molar-refractivity contribution in [3.8, 4) is 0 Å². The van der Waals surface area contributed by atoms with Crippen LogP contribution in [0.3, 0.4) is 0 Å². The predicted octanol–water partition coefficient (Wildman–Crippen LogP) is -0.111. The van der Waals surface area contributed by atoms with E-state index in [2.05, 4.69) is 10.6 Å². The van der Waals surface area contributed by atoms with E-state index in [1.807, 2.05) is 30.3 Å². The standard InChI is InChI=1S/C14H16N2O5/c17-10-6-14(12(18)15-13(19)16-14)21-11(10)8-20-7-9-4-2-1-3-5-9/h1-5,10-11,17H,6-8H2,(H2,15,16,18,19)/t10-,11+,14-/m0/s1. The Morgan fingerprint density at radius 3 is 2.76 bits per heavy atom. The van der Waals surface area contributed by atoms with E-state index in [-0.39, 0.29) is 13.0 Å². The molecule has 0 unspecified atom stereocenters. The van der Waals surface area contributed by atoms with Crippen molar-refractivity contribution in [2.24, 2.45) is 0 Å². The summed E-state index contributed by atoms with van der Waals surface area (Å²) < 4.78 is 11.0. The molecule has 1 spiro atoms. The van der Waals surface area contributed by atoms with E-state index in [1.165, 1.54) is 0 Å². The maximum Gasteiger partial charge on any atom is 0.324 e. The molecule has 7 heteroatoms. The van der Waals surface area contributed by atoms with Crippen molar-refractivity contribution in [3.63, 3.8) is 0 Å². The second-order valence-corrected chi connectivity index (χ2v) is 5.16. The van der Waals surface area contributed by atoms with Gasteiger partial charge in [0.15, 0.2) is 0 Å². The number of hydrogen-bond donors (Lipinski definition) is 3. The second kappa shape index (κ2) is 5.44. The van der Waals surface area contributed by atoms with Crippen LogP contribution >= 0.6 is 0 Å². The molecule has 0 bridgehead atoms. The van der Waals surface area contributed by atoms with Crippen molar-refractivity contribution in [1.29, 1.82) is 0 Å². The Kier molecular flexibility index (Phi) is 3.62. The maximum atomic E-state index is 11.7. The fourth-order valence-corrected chi connectivity index (χ4v) is 2.53. The number of hydrogen-bond acceptors (Lipinski definition) is 5. The molecular formula is C14H16N2O5. The predicted molar refractivity (Wildman–Crippen MR) is 71.0 cm³/mol. The normalized spacial score (nSPS) is 31.5. The van der Waals surface area contributed by atoms with Crippen LogP contribution < -0.4 is 10.6 Å². The largest absolute Gasteiger partial charge is 0.390 e. The highest BCUT2D eigenvalue weighted by molar-refractivity contribution is 6.06. The molecule has 1 aromatic carbocycles. The fraction of sp³-hybridized carbons (Fsp3) is 0.429. The number of carbonyl (C=O) groups excluding carboxylic acids is 2. The van der Waals surface area contributed by atoms with Crippen molar-refractivity contribution in [3.05, 3.63) is 35.9 Å². The fourth-order valence-electron chi connectivity index (χ4n) is 2.53. The van der Waals surface area contributed by atoms with E-state index in [1.54, 1.807) is 0 Å². The van der Waals surface area contributed by atoms with Crippen LogP contribution in [0.2, 0.25) is 0 Å². The molecule has 0 aliphatic carbocycles. The first-order chi connectivity index (χ1) is 10.1. The molecule has 1 aromatic rings. The zero-order valence-electron chi connectivity index (χ0n) is 11.2. The van der Waals surface area contributed by atoms with Crippen molar-refractivity contribution in [1.82, 2.24) is 10.6 Å². The monoisotopic (exact) mass is 292 g/mol. The van der Waals surface area contributed by atoms with Crippen molar-refractivity contribution >= 4 is 11.9 Å². The zero-order chi connectivity index (χ0) is 14.9. The van der Waals surface area contributed by atoms with Gasteiger partial charge in [0.2, 0.25) is 5.72 Å². The van der Waals surface area contributed by atoms with Gasteiger partial charge in [-0.15, -0.1) is 0 Å². The van der Waals surface area contributed by atoms with E-state index < -0.39 is 29.9 Å². The van der Waals surface area contributed by atoms with Gasteiger partial charge in [-0.3, -0.25) is 10.1 Å². The highest BCUT2D eigenvalue weighted by atomic mass is 16.6. The van der Waals surface area contributed by atoms with E-state index >= 15 is 0 Å². The average molecular weight is 292 g/mol. The summed E-state index contributed by atoms with van der Waals surface area (Å²) in [5.41, 5.74) is -0.455. The van der Waals surface area contributed by atoms with Crippen LogP contribution in [0.5, 0.6) is 0 Å². The van der Waals surface area contributed by atoms with Crippen molar-refractivity contribution in [2.75, 3.05) is 6.61 Å². The number of urea groups is 1. The lowest BCUT2D eigenvalue weighted by Gasteiger charge is -2.20. The van der Waals surface area contributed by atoms with Crippen molar-refractivity contribution < 1.29 is 24.2 Å². The molecular weight excluding hydrogens is 276 g/mol. The van der Waals surface area contributed by atoms with E-state index in [9.17, 15) is 14.7 Å². The van der Waals surface area contributed by atoms with Crippen LogP contribution in [0.4, 0.5) is 4.79 Å². The number of aliphatic hydroxyl groups is 1. The number of amides is 3. The third-order valence-corrected chi connectivity index (χ3v) is 3.58. The molecule has 3 N–H and O–H groups in total. The molecule has 3 rings (SSSR count). The van der Waals surface area contributed by atoms with Crippen molar-refractivity contribution in [2.45, 2.75) is 31.0 Å². The third kappa shape index (κ3) is 2.76. The summed E-state index contributed by atoms with van der Waals surface area (Å²) in [5, 5.41) is 14.5. The van der Waals surface area contributed by atoms with Gasteiger partial charge < -0.3 is 19.9 Å². The van der Waals surface area contributed by atoms with Crippen LogP contribution in [0.1, 0.15) is 12.0 Å². The molecule has 3 amide bonds. The summed E-state index contributed by atoms with van der Waals surface area (Å²) >= 11 is 0. The molecule has 0 saturated carbocycles. The lowest BCUT2D eigenvalue weighted by Crippen LogP contribution is -2.47. The minimum atomic E-state index is -1.46. The average Bonchev–Trinajstić information content (AvgIpc) is 2.91. The van der Waals surface area contributed by atoms with E-state index in [4.69, 9.17) is 9.47 Å². The smallest absolute Gasteiger partial charge is 0.324 e. The number of imide groups is 1. The summed E-state index contributed by atoms with van der Waals surface area (Å²) in [6.45, 7) is 0.528. The number of ether oxygens (including phenoxy) is 2. The van der Waals surface area contributed by atoms with Gasteiger partial charge in [-0.05, 0) is 5.56 Å². The number of carbonyl (C=O) groups is 2. The van der Waals surface area contributed by atoms with Gasteiger partial charge in [0, 0.05) is 6.42 Å². The quantitative estimate of drug-likeness (QED) is 0.673. The minimum absolute atomic E-state index is 0.0178. The molecule has 2 aliphatic rings. The molecule has 7 nitrogen and oxygen atoms in total. The number of nitrogens with one attached hydrogen (secondary N) is 2. The van der Waals surface area contributed by atoms with Gasteiger partial charge in [-0.1, -0.05) is 30.3 Å². The van der Waals surface area contributed by atoms with Gasteiger partial charge in [-0.25, -0.2) is 4.79 Å². The van der Waals surface area contributed by atoms with Gasteiger partial charge in [0.25, 0.3) is 5.91 Å². The summed E-state index contributed by atoms with van der Waals surface area (Å²) in [7, 11) is 0. The molecule has 3 atom stereocenters. The Morgan fingerprint density at radius 1 is 1.33 bits per heavy atom. The number of aliphatic hydroxyl groups excluding tert-OH is 1. The van der Waals surface area contributed by atoms with Gasteiger partial charge in [-0.2, -0.15) is 0 Å². The summed E-state index contributed by atoms with van der Waals surface area (Å²) in [4.78, 5) is 22.9. The van der Waals surface area contributed by atoms with Gasteiger partial charge in [0.1, 0.15) is 6.10 Å². The first kappa shape index (κ1) is 14.0. The minimum Gasteiger partial charge on any atom is -0.390 e. The van der Waals surface area contributed by atoms with Crippen LogP contribution in [0.15, 0.2) is 30.3 Å². The molecule has 2 saturated heterocycles. The first-order valence-electron chi connectivity index (χ1n) is 6.70. The van der Waals surface area contributed by atoms with E-state index in [0.29, 0.717) is 6.61 Å². The molecule has 112 valence electrons. The summed E-state index contributed by atoms with van der Waals surface area (Å²) in [5.74, 6) is -0.572. The second-order valence-electron chi connectivity index (χ2n) is 5.16. The molecule has 0 radical (unpaired) electrons. The van der Waals surface area contributed by atoms with Crippen LogP contribution in [-0.4, -0.2) is 41.6 Å². The Bertz CT molecular complexity index is 550. The number of benzene rings is 1. The van der Waals surface area contributed by atoms with Gasteiger partial charge in [0.05, 0.1) is 19.3 Å². The number of rotatable bonds is 4. The SMILES string of the molecule is O=C1NC(=O)[C@@]2(C[C@H](O)[C@@H](COCc3ccccc3)O2)N1. The molecule has 2 heterocycles. The third-order valence-electron chi connectivity index (χ3n) is 3.58. The lowest BCUT2D eigenvalue weighted by atomic mass is 10.1.